The molecule has 0 amide bonds. The molecule has 0 aromatic heterocycles. The molecule has 1 saturated carbocycles. The maximum absolute atomic E-state index is 7.52. The number of hydrogen-bond acceptors (Lipinski definition) is 4. The van der Waals surface area contributed by atoms with E-state index in [-0.39, 0.29) is 0 Å². The van der Waals surface area contributed by atoms with Gasteiger partial charge in [-0.15, -0.1) is 0 Å². The van der Waals surface area contributed by atoms with E-state index in [4.69, 9.17) is 14.9 Å². The summed E-state index contributed by atoms with van der Waals surface area (Å²) >= 11 is 0. The molecule has 0 bridgehead atoms. The number of benzene rings is 1. The lowest BCUT2D eigenvalue weighted by molar-refractivity contribution is 0.289. The van der Waals surface area contributed by atoms with Crippen LogP contribution in [0.3, 0.4) is 0 Å². The largest absolute Gasteiger partial charge is 0.494 e. The molecule has 0 spiro atoms. The summed E-state index contributed by atoms with van der Waals surface area (Å²) in [5.41, 5.74) is 1.26. The van der Waals surface area contributed by atoms with Crippen LogP contribution in [0.25, 0.3) is 0 Å². The van der Waals surface area contributed by atoms with Crippen molar-refractivity contribution >= 4 is 5.90 Å². The molecule has 4 heteroatoms. The van der Waals surface area contributed by atoms with E-state index in [1.807, 2.05) is 19.1 Å². The highest BCUT2D eigenvalue weighted by molar-refractivity contribution is 5.72. The van der Waals surface area contributed by atoms with E-state index in [9.17, 15) is 0 Å². The van der Waals surface area contributed by atoms with Crippen LogP contribution in [0.5, 0.6) is 5.75 Å². The summed E-state index contributed by atoms with van der Waals surface area (Å²) in [6.45, 7) is 3.99. The fraction of sp³-hybridized carbons (Fsp3) is 0.562. The van der Waals surface area contributed by atoms with Crippen molar-refractivity contribution in [2.75, 3.05) is 13.2 Å². The molecule has 1 aromatic rings. The summed E-state index contributed by atoms with van der Waals surface area (Å²) in [4.78, 5) is 0. The maximum Gasteiger partial charge on any atom is 0.180 e. The van der Waals surface area contributed by atoms with Crippen LogP contribution in [0.15, 0.2) is 24.3 Å². The van der Waals surface area contributed by atoms with Crippen LogP contribution in [-0.4, -0.2) is 25.2 Å². The molecule has 20 heavy (non-hydrogen) atoms. The smallest absolute Gasteiger partial charge is 0.180 e. The monoisotopic (exact) mass is 276 g/mol. The summed E-state index contributed by atoms with van der Waals surface area (Å²) in [6.07, 6.45) is 4.06. The summed E-state index contributed by atoms with van der Waals surface area (Å²) in [5.74, 6) is 1.25. The highest BCUT2D eigenvalue weighted by Gasteiger charge is 2.19. The van der Waals surface area contributed by atoms with Gasteiger partial charge in [-0.1, -0.05) is 12.1 Å². The predicted molar refractivity (Wildman–Crippen MR) is 80.4 cm³/mol. The van der Waals surface area contributed by atoms with Crippen molar-refractivity contribution in [1.29, 1.82) is 5.41 Å². The topological polar surface area (TPSA) is 54.3 Å². The molecule has 1 aliphatic carbocycles. The third kappa shape index (κ3) is 5.61. The Kier molecular flexibility index (Phi) is 5.87. The Morgan fingerprint density at radius 3 is 3.00 bits per heavy atom. The van der Waals surface area contributed by atoms with E-state index < -0.39 is 0 Å². The zero-order valence-corrected chi connectivity index (χ0v) is 12.2. The highest BCUT2D eigenvalue weighted by atomic mass is 16.5. The van der Waals surface area contributed by atoms with Crippen LogP contribution >= 0.6 is 0 Å². The number of hydrogen-bond donors (Lipinski definition) is 2. The second kappa shape index (κ2) is 7.90. The van der Waals surface area contributed by atoms with Gasteiger partial charge in [-0.2, -0.15) is 0 Å². The first-order valence-corrected chi connectivity index (χ1v) is 7.43. The van der Waals surface area contributed by atoms with E-state index in [1.165, 1.54) is 18.4 Å². The maximum atomic E-state index is 7.52. The SMILES string of the molecule is CCOC(=N)CCCOc1cccc(CNC2CC2)c1. The van der Waals surface area contributed by atoms with Crippen LogP contribution in [0, 0.1) is 5.41 Å². The first kappa shape index (κ1) is 14.9. The third-order valence-electron chi connectivity index (χ3n) is 3.21. The van der Waals surface area contributed by atoms with Crippen molar-refractivity contribution in [1.82, 2.24) is 5.32 Å². The Balaban J connectivity index is 1.66. The van der Waals surface area contributed by atoms with E-state index in [0.717, 1.165) is 24.8 Å². The van der Waals surface area contributed by atoms with Crippen LogP contribution in [0.2, 0.25) is 0 Å². The fourth-order valence-corrected chi connectivity index (χ4v) is 1.96. The summed E-state index contributed by atoms with van der Waals surface area (Å²) in [5, 5.41) is 11.0. The molecule has 2 N–H and O–H groups in total. The molecule has 110 valence electrons. The first-order valence-electron chi connectivity index (χ1n) is 7.43. The molecule has 0 saturated heterocycles. The van der Waals surface area contributed by atoms with Crippen LogP contribution in [0.4, 0.5) is 0 Å². The Morgan fingerprint density at radius 2 is 2.25 bits per heavy atom. The average Bonchev–Trinajstić information content (AvgIpc) is 3.26. The second-order valence-corrected chi connectivity index (χ2v) is 5.11. The van der Waals surface area contributed by atoms with E-state index in [1.54, 1.807) is 0 Å². The fourth-order valence-electron chi connectivity index (χ4n) is 1.96. The summed E-state index contributed by atoms with van der Waals surface area (Å²) in [7, 11) is 0. The molecule has 0 aliphatic heterocycles. The first-order chi connectivity index (χ1) is 9.78. The minimum atomic E-state index is 0.346. The van der Waals surface area contributed by atoms with Crippen LogP contribution < -0.4 is 10.1 Å². The summed E-state index contributed by atoms with van der Waals surface area (Å²) < 4.78 is 10.8. The van der Waals surface area contributed by atoms with Crippen LogP contribution in [0.1, 0.15) is 38.2 Å². The van der Waals surface area contributed by atoms with Crippen molar-refractivity contribution in [3.8, 4) is 5.75 Å². The van der Waals surface area contributed by atoms with Crippen molar-refractivity contribution in [3.05, 3.63) is 29.8 Å². The Labute approximate surface area is 121 Å². The van der Waals surface area contributed by atoms with Gasteiger partial charge in [0.1, 0.15) is 5.75 Å². The van der Waals surface area contributed by atoms with Gasteiger partial charge in [-0.3, -0.25) is 5.41 Å². The molecule has 0 unspecified atom stereocenters. The quantitative estimate of drug-likeness (QED) is 0.414. The third-order valence-corrected chi connectivity index (χ3v) is 3.21. The van der Waals surface area contributed by atoms with Crippen molar-refractivity contribution in [2.24, 2.45) is 0 Å². The zero-order chi connectivity index (χ0) is 14.2. The van der Waals surface area contributed by atoms with Gasteiger partial charge in [-0.25, -0.2) is 0 Å². The van der Waals surface area contributed by atoms with E-state index >= 15 is 0 Å². The number of nitrogens with one attached hydrogen (secondary N) is 2. The van der Waals surface area contributed by atoms with Gasteiger partial charge in [0, 0.05) is 19.0 Å². The average molecular weight is 276 g/mol. The van der Waals surface area contributed by atoms with Gasteiger partial charge in [0.2, 0.25) is 0 Å². The van der Waals surface area contributed by atoms with E-state index in [0.29, 0.717) is 25.5 Å². The number of rotatable bonds is 9. The van der Waals surface area contributed by atoms with Gasteiger partial charge < -0.3 is 14.8 Å². The van der Waals surface area contributed by atoms with Gasteiger partial charge in [0.15, 0.2) is 5.90 Å². The molecule has 0 atom stereocenters. The Hall–Kier alpha value is -1.55. The molecule has 1 aromatic carbocycles. The standard InChI is InChI=1S/C16H24N2O2/c1-2-19-16(17)7-4-10-20-15-6-3-5-13(11-15)12-18-14-8-9-14/h3,5-6,11,14,17-18H,2,4,7-10,12H2,1H3. The molecule has 4 nitrogen and oxygen atoms in total. The normalized spacial score (nSPS) is 14.1. The zero-order valence-electron chi connectivity index (χ0n) is 12.2. The lowest BCUT2D eigenvalue weighted by atomic mass is 10.2. The Morgan fingerprint density at radius 1 is 1.40 bits per heavy atom. The molecule has 2 rings (SSSR count). The molecule has 1 fully saturated rings. The van der Waals surface area contributed by atoms with Crippen molar-refractivity contribution in [2.45, 2.75) is 45.2 Å². The van der Waals surface area contributed by atoms with Gasteiger partial charge >= 0.3 is 0 Å². The van der Waals surface area contributed by atoms with Gasteiger partial charge in [0.05, 0.1) is 13.2 Å². The predicted octanol–water partition coefficient (Wildman–Crippen LogP) is 3.11. The van der Waals surface area contributed by atoms with Gasteiger partial charge in [0.25, 0.3) is 0 Å². The second-order valence-electron chi connectivity index (χ2n) is 5.11. The summed E-state index contributed by atoms with van der Waals surface area (Å²) in [6, 6.07) is 8.94. The highest BCUT2D eigenvalue weighted by Crippen LogP contribution is 2.20. The van der Waals surface area contributed by atoms with Crippen molar-refractivity contribution < 1.29 is 9.47 Å². The van der Waals surface area contributed by atoms with Gasteiger partial charge in [-0.05, 0) is 43.9 Å². The number of ether oxygens (including phenoxy) is 2. The molecular formula is C16H24N2O2. The lowest BCUT2D eigenvalue weighted by Crippen LogP contribution is -2.15. The molecule has 1 aliphatic rings. The molecule has 0 heterocycles. The molecular weight excluding hydrogens is 252 g/mol. The minimum absolute atomic E-state index is 0.346. The minimum Gasteiger partial charge on any atom is -0.494 e. The molecule has 0 radical (unpaired) electrons. The Bertz CT molecular complexity index is 430. The van der Waals surface area contributed by atoms with Crippen LogP contribution in [-0.2, 0) is 11.3 Å². The van der Waals surface area contributed by atoms with E-state index in [2.05, 4.69) is 17.4 Å². The van der Waals surface area contributed by atoms with Crippen molar-refractivity contribution in [3.63, 3.8) is 0 Å². The lowest BCUT2D eigenvalue weighted by Gasteiger charge is -2.09.